The first kappa shape index (κ1) is 15.7. The molecule has 0 aliphatic rings. The Bertz CT molecular complexity index is 838. The molecule has 0 radical (unpaired) electrons. The minimum Gasteiger partial charge on any atom is -0.467 e. The van der Waals surface area contributed by atoms with E-state index in [1.807, 2.05) is 30.3 Å². The topological polar surface area (TPSA) is 84.2 Å². The number of rotatable bonds is 6. The summed E-state index contributed by atoms with van der Waals surface area (Å²) in [4.78, 5) is 28.1. The van der Waals surface area contributed by atoms with Crippen LogP contribution in [0.4, 0.5) is 5.69 Å². The number of fused-ring (bicyclic) bond motifs is 1. The largest absolute Gasteiger partial charge is 0.467 e. The molecule has 0 spiro atoms. The van der Waals surface area contributed by atoms with Crippen molar-refractivity contribution < 1.29 is 14.0 Å². The second kappa shape index (κ2) is 7.41. The Morgan fingerprint density at radius 2 is 1.88 bits per heavy atom. The number of aromatic nitrogens is 1. The molecular formula is C18H17N3O3. The Morgan fingerprint density at radius 3 is 2.71 bits per heavy atom. The summed E-state index contributed by atoms with van der Waals surface area (Å²) in [7, 11) is 0. The van der Waals surface area contributed by atoms with Crippen molar-refractivity contribution in [3.63, 3.8) is 0 Å². The van der Waals surface area contributed by atoms with Gasteiger partial charge in [0.2, 0.25) is 11.8 Å². The highest BCUT2D eigenvalue weighted by Crippen LogP contribution is 2.21. The van der Waals surface area contributed by atoms with Crippen LogP contribution in [0.2, 0.25) is 0 Å². The maximum absolute atomic E-state index is 12.1. The SMILES string of the molecule is O=C(CCC(=O)Nc1cccc2ncccc12)NCc1ccco1. The molecule has 0 saturated heterocycles. The molecule has 2 amide bonds. The van der Waals surface area contributed by atoms with Gasteiger partial charge in [-0.1, -0.05) is 6.07 Å². The van der Waals surface area contributed by atoms with E-state index in [0.717, 1.165) is 10.9 Å². The molecule has 3 rings (SSSR count). The van der Waals surface area contributed by atoms with E-state index in [-0.39, 0.29) is 24.7 Å². The fourth-order valence-electron chi connectivity index (χ4n) is 2.34. The Morgan fingerprint density at radius 1 is 1.00 bits per heavy atom. The summed E-state index contributed by atoms with van der Waals surface area (Å²) >= 11 is 0. The predicted octanol–water partition coefficient (Wildman–Crippen LogP) is 2.86. The Balaban J connectivity index is 1.51. The van der Waals surface area contributed by atoms with E-state index < -0.39 is 0 Å². The van der Waals surface area contributed by atoms with Crippen molar-refractivity contribution in [2.75, 3.05) is 5.32 Å². The Kier molecular flexibility index (Phi) is 4.86. The van der Waals surface area contributed by atoms with E-state index in [1.54, 1.807) is 24.6 Å². The lowest BCUT2D eigenvalue weighted by Gasteiger charge is -2.08. The summed E-state index contributed by atoms with van der Waals surface area (Å²) in [5, 5.41) is 6.41. The predicted molar refractivity (Wildman–Crippen MR) is 90.2 cm³/mol. The van der Waals surface area contributed by atoms with Gasteiger partial charge in [-0.25, -0.2) is 0 Å². The molecule has 6 heteroatoms. The second-order valence-electron chi connectivity index (χ2n) is 5.28. The van der Waals surface area contributed by atoms with Gasteiger partial charge < -0.3 is 15.1 Å². The smallest absolute Gasteiger partial charge is 0.224 e. The van der Waals surface area contributed by atoms with Crippen molar-refractivity contribution in [1.29, 1.82) is 0 Å². The molecule has 24 heavy (non-hydrogen) atoms. The summed E-state index contributed by atoms with van der Waals surface area (Å²) in [6, 6.07) is 12.8. The van der Waals surface area contributed by atoms with Crippen molar-refractivity contribution in [1.82, 2.24) is 10.3 Å². The average molecular weight is 323 g/mol. The lowest BCUT2D eigenvalue weighted by Crippen LogP contribution is -2.24. The normalized spacial score (nSPS) is 10.5. The lowest BCUT2D eigenvalue weighted by molar-refractivity contribution is -0.124. The maximum atomic E-state index is 12.1. The number of hydrogen-bond donors (Lipinski definition) is 2. The molecule has 2 N–H and O–H groups in total. The zero-order valence-corrected chi connectivity index (χ0v) is 13.0. The van der Waals surface area contributed by atoms with E-state index in [4.69, 9.17) is 4.42 Å². The number of carbonyl (C=O) groups is 2. The van der Waals surface area contributed by atoms with Gasteiger partial charge in [0, 0.05) is 24.4 Å². The van der Waals surface area contributed by atoms with Crippen LogP contribution in [0.3, 0.4) is 0 Å². The highest BCUT2D eigenvalue weighted by atomic mass is 16.3. The maximum Gasteiger partial charge on any atom is 0.224 e. The summed E-state index contributed by atoms with van der Waals surface area (Å²) in [6.45, 7) is 0.322. The van der Waals surface area contributed by atoms with Crippen molar-refractivity contribution in [3.05, 3.63) is 60.7 Å². The first-order chi connectivity index (χ1) is 11.7. The molecule has 3 aromatic rings. The molecule has 0 fully saturated rings. The van der Waals surface area contributed by atoms with Gasteiger partial charge in [0.25, 0.3) is 0 Å². The molecule has 6 nitrogen and oxygen atoms in total. The molecule has 0 atom stereocenters. The fourth-order valence-corrected chi connectivity index (χ4v) is 2.34. The molecular weight excluding hydrogens is 306 g/mol. The van der Waals surface area contributed by atoms with Crippen molar-refractivity contribution in [3.8, 4) is 0 Å². The number of pyridine rings is 1. The summed E-state index contributed by atoms with van der Waals surface area (Å²) in [5.74, 6) is 0.275. The van der Waals surface area contributed by atoms with Crippen LogP contribution in [-0.4, -0.2) is 16.8 Å². The van der Waals surface area contributed by atoms with E-state index >= 15 is 0 Å². The van der Waals surface area contributed by atoms with Crippen LogP contribution in [0.5, 0.6) is 0 Å². The van der Waals surface area contributed by atoms with Crippen LogP contribution in [0.15, 0.2) is 59.3 Å². The third-order valence-electron chi connectivity index (χ3n) is 3.54. The molecule has 0 bridgehead atoms. The molecule has 122 valence electrons. The Labute approximate surface area is 138 Å². The van der Waals surface area contributed by atoms with Gasteiger partial charge in [0.1, 0.15) is 5.76 Å². The van der Waals surface area contributed by atoms with Crippen molar-refractivity contribution >= 4 is 28.4 Å². The average Bonchev–Trinajstić information content (AvgIpc) is 3.12. The fraction of sp³-hybridized carbons (Fsp3) is 0.167. The third-order valence-corrected chi connectivity index (χ3v) is 3.54. The molecule has 0 aliphatic carbocycles. The quantitative estimate of drug-likeness (QED) is 0.730. The van der Waals surface area contributed by atoms with Crippen LogP contribution >= 0.6 is 0 Å². The molecule has 2 heterocycles. The number of anilines is 1. The van der Waals surface area contributed by atoms with Crippen LogP contribution in [0, 0.1) is 0 Å². The van der Waals surface area contributed by atoms with Crippen LogP contribution in [0.25, 0.3) is 10.9 Å². The zero-order chi connectivity index (χ0) is 16.8. The summed E-state index contributed by atoms with van der Waals surface area (Å²) in [5.41, 5.74) is 1.51. The number of benzene rings is 1. The molecule has 1 aromatic carbocycles. The Hall–Kier alpha value is -3.15. The number of furan rings is 1. The van der Waals surface area contributed by atoms with E-state index in [0.29, 0.717) is 18.0 Å². The highest BCUT2D eigenvalue weighted by Gasteiger charge is 2.09. The van der Waals surface area contributed by atoms with Crippen LogP contribution in [-0.2, 0) is 16.1 Å². The molecule has 0 saturated carbocycles. The van der Waals surface area contributed by atoms with Gasteiger partial charge in [0.15, 0.2) is 0 Å². The van der Waals surface area contributed by atoms with Gasteiger partial charge in [-0.3, -0.25) is 14.6 Å². The van der Waals surface area contributed by atoms with Crippen molar-refractivity contribution in [2.24, 2.45) is 0 Å². The lowest BCUT2D eigenvalue weighted by atomic mass is 10.1. The minimum absolute atomic E-state index is 0.112. The van der Waals surface area contributed by atoms with Gasteiger partial charge in [-0.2, -0.15) is 0 Å². The number of carbonyl (C=O) groups excluding carboxylic acids is 2. The summed E-state index contributed by atoms with van der Waals surface area (Å²) in [6.07, 6.45) is 3.49. The van der Waals surface area contributed by atoms with Gasteiger partial charge >= 0.3 is 0 Å². The van der Waals surface area contributed by atoms with Crippen LogP contribution in [0.1, 0.15) is 18.6 Å². The monoisotopic (exact) mass is 323 g/mol. The standard InChI is InChI=1S/C18H17N3O3/c22-17(20-12-13-4-3-11-24-13)8-9-18(23)21-16-7-1-6-15-14(16)5-2-10-19-15/h1-7,10-11H,8-9,12H2,(H,20,22)(H,21,23). The molecule has 2 aromatic heterocycles. The number of amides is 2. The van der Waals surface area contributed by atoms with Crippen molar-refractivity contribution in [2.45, 2.75) is 19.4 Å². The number of nitrogens with zero attached hydrogens (tertiary/aromatic N) is 1. The first-order valence-electron chi connectivity index (χ1n) is 7.65. The number of hydrogen-bond acceptors (Lipinski definition) is 4. The number of nitrogens with one attached hydrogen (secondary N) is 2. The van der Waals surface area contributed by atoms with E-state index in [2.05, 4.69) is 15.6 Å². The van der Waals surface area contributed by atoms with E-state index in [1.165, 1.54) is 0 Å². The zero-order valence-electron chi connectivity index (χ0n) is 13.0. The minimum atomic E-state index is -0.209. The summed E-state index contributed by atoms with van der Waals surface area (Å²) < 4.78 is 5.13. The first-order valence-corrected chi connectivity index (χ1v) is 7.65. The third kappa shape index (κ3) is 3.98. The highest BCUT2D eigenvalue weighted by molar-refractivity contribution is 6.01. The molecule has 0 aliphatic heterocycles. The van der Waals surface area contributed by atoms with Crippen LogP contribution < -0.4 is 10.6 Å². The van der Waals surface area contributed by atoms with Gasteiger partial charge in [-0.05, 0) is 36.4 Å². The van der Waals surface area contributed by atoms with E-state index in [9.17, 15) is 9.59 Å². The molecule has 0 unspecified atom stereocenters. The second-order valence-corrected chi connectivity index (χ2v) is 5.28. The van der Waals surface area contributed by atoms with Gasteiger partial charge in [0.05, 0.1) is 24.0 Å². The van der Waals surface area contributed by atoms with Gasteiger partial charge in [-0.15, -0.1) is 0 Å².